The first-order valence-corrected chi connectivity index (χ1v) is 9.08. The van der Waals surface area contributed by atoms with Crippen molar-refractivity contribution in [1.82, 2.24) is 29.5 Å². The van der Waals surface area contributed by atoms with Crippen molar-refractivity contribution in [2.75, 3.05) is 0 Å². The Labute approximate surface area is 153 Å². The van der Waals surface area contributed by atoms with Gasteiger partial charge in [0.2, 0.25) is 0 Å². The lowest BCUT2D eigenvalue weighted by molar-refractivity contribution is 0.143. The molecule has 0 aliphatic carbocycles. The van der Waals surface area contributed by atoms with E-state index in [4.69, 9.17) is 4.98 Å². The van der Waals surface area contributed by atoms with Gasteiger partial charge >= 0.3 is 0 Å². The second-order valence-electron chi connectivity index (χ2n) is 6.49. The molecule has 3 aromatic heterocycles. The van der Waals surface area contributed by atoms with Crippen molar-refractivity contribution >= 4 is 0 Å². The molecule has 1 unspecified atom stereocenters. The quantitative estimate of drug-likeness (QED) is 0.705. The van der Waals surface area contributed by atoms with Crippen molar-refractivity contribution in [2.24, 2.45) is 0 Å². The molecule has 0 saturated heterocycles. The van der Waals surface area contributed by atoms with Gasteiger partial charge in [0.15, 0.2) is 5.82 Å². The van der Waals surface area contributed by atoms with Crippen LogP contribution in [0.2, 0.25) is 0 Å². The smallest absolute Gasteiger partial charge is 0.181 e. The fourth-order valence-corrected chi connectivity index (χ4v) is 3.12. The fourth-order valence-electron chi connectivity index (χ4n) is 3.12. The van der Waals surface area contributed by atoms with Gasteiger partial charge in [-0.2, -0.15) is 10.2 Å². The Bertz CT molecular complexity index is 868. The highest BCUT2D eigenvalue weighted by Gasteiger charge is 2.17. The summed E-state index contributed by atoms with van der Waals surface area (Å²) in [4.78, 5) is 8.77. The van der Waals surface area contributed by atoms with E-state index in [-0.39, 0.29) is 0 Å². The summed E-state index contributed by atoms with van der Waals surface area (Å²) in [5.74, 6) is 1.43. The van der Waals surface area contributed by atoms with Gasteiger partial charge < -0.3 is 5.11 Å². The molecule has 138 valence electrons. The minimum atomic E-state index is -0.451. The molecular weight excluding hydrogens is 328 g/mol. The average molecular weight is 354 g/mol. The third-order valence-corrected chi connectivity index (χ3v) is 4.72. The van der Waals surface area contributed by atoms with Crippen LogP contribution >= 0.6 is 0 Å². The number of aromatic nitrogens is 6. The van der Waals surface area contributed by atoms with E-state index in [0.29, 0.717) is 25.3 Å². The number of aliphatic hydroxyl groups excluding tert-OH is 1. The molecule has 0 bridgehead atoms. The zero-order chi connectivity index (χ0) is 18.7. The first-order chi connectivity index (χ1) is 12.5. The molecule has 0 radical (unpaired) electrons. The molecule has 0 spiro atoms. The molecule has 1 N–H and O–H groups in total. The Kier molecular flexibility index (Phi) is 5.46. The third kappa shape index (κ3) is 3.67. The lowest BCUT2D eigenvalue weighted by Gasteiger charge is -2.11. The predicted molar refractivity (Wildman–Crippen MR) is 99.7 cm³/mol. The minimum absolute atomic E-state index is 0.420. The van der Waals surface area contributed by atoms with Crippen LogP contribution in [0.1, 0.15) is 43.0 Å². The van der Waals surface area contributed by atoms with Gasteiger partial charge in [0.05, 0.1) is 18.3 Å². The van der Waals surface area contributed by atoms with Crippen molar-refractivity contribution in [3.8, 4) is 11.4 Å². The Morgan fingerprint density at radius 1 is 1.08 bits per heavy atom. The van der Waals surface area contributed by atoms with Crippen LogP contribution in [0.25, 0.3) is 11.4 Å². The van der Waals surface area contributed by atoms with E-state index in [1.807, 2.05) is 30.7 Å². The van der Waals surface area contributed by atoms with Gasteiger partial charge in [0.25, 0.3) is 0 Å². The molecule has 1 atom stereocenters. The molecule has 7 nitrogen and oxygen atoms in total. The number of nitrogens with zero attached hydrogens (tertiary/aromatic N) is 6. The van der Waals surface area contributed by atoms with E-state index in [2.05, 4.69) is 29.0 Å². The van der Waals surface area contributed by atoms with Crippen LogP contribution in [0.4, 0.5) is 0 Å². The highest BCUT2D eigenvalue weighted by molar-refractivity contribution is 5.53. The van der Waals surface area contributed by atoms with Crippen LogP contribution in [0.15, 0.2) is 24.5 Å². The van der Waals surface area contributed by atoms with Crippen molar-refractivity contribution in [3.05, 3.63) is 47.3 Å². The highest BCUT2D eigenvalue weighted by atomic mass is 16.3. The van der Waals surface area contributed by atoms with E-state index in [9.17, 15) is 5.11 Å². The number of hydrogen-bond acceptors (Lipinski definition) is 5. The average Bonchev–Trinajstić information content (AvgIpc) is 3.16. The molecule has 0 aliphatic rings. The van der Waals surface area contributed by atoms with Crippen molar-refractivity contribution in [3.63, 3.8) is 0 Å². The summed E-state index contributed by atoms with van der Waals surface area (Å²) < 4.78 is 3.77. The number of pyridine rings is 1. The van der Waals surface area contributed by atoms with Crippen LogP contribution in [-0.2, 0) is 19.5 Å². The SMILES string of the molecule is CCc1c(C)nn(Cc2nc(-c3ccncc3)nn2CC(O)CC)c1C. The Hall–Kier alpha value is -2.54. The number of hydrogen-bond donors (Lipinski definition) is 1. The number of aryl methyl sites for hydroxylation is 1. The zero-order valence-corrected chi connectivity index (χ0v) is 15.8. The molecule has 26 heavy (non-hydrogen) atoms. The summed E-state index contributed by atoms with van der Waals surface area (Å²) in [5, 5.41) is 19.4. The number of aliphatic hydroxyl groups is 1. The summed E-state index contributed by atoms with van der Waals surface area (Å²) in [6, 6.07) is 3.77. The highest BCUT2D eigenvalue weighted by Crippen LogP contribution is 2.18. The third-order valence-electron chi connectivity index (χ3n) is 4.72. The van der Waals surface area contributed by atoms with E-state index >= 15 is 0 Å². The molecular formula is C19H26N6O. The van der Waals surface area contributed by atoms with Crippen LogP contribution in [0, 0.1) is 13.8 Å². The van der Waals surface area contributed by atoms with Gasteiger partial charge in [0, 0.05) is 23.7 Å². The maximum absolute atomic E-state index is 10.1. The first-order valence-electron chi connectivity index (χ1n) is 9.08. The molecule has 3 heterocycles. The summed E-state index contributed by atoms with van der Waals surface area (Å²) in [6.45, 7) is 9.17. The Morgan fingerprint density at radius 3 is 2.42 bits per heavy atom. The van der Waals surface area contributed by atoms with Gasteiger partial charge in [0.1, 0.15) is 12.4 Å². The largest absolute Gasteiger partial charge is 0.391 e. The first kappa shape index (κ1) is 18.3. The second kappa shape index (κ2) is 7.78. The standard InChI is InChI=1S/C19H26N6O/c1-5-16(26)11-25-18(12-24-14(4)17(6-2)13(3)22-24)21-19(23-25)15-7-9-20-10-8-15/h7-10,16,26H,5-6,11-12H2,1-4H3. The fraction of sp³-hybridized carbons (Fsp3) is 0.474. The molecule has 0 fully saturated rings. The summed E-state index contributed by atoms with van der Waals surface area (Å²) in [7, 11) is 0. The predicted octanol–water partition coefficient (Wildman–Crippen LogP) is 2.54. The Morgan fingerprint density at radius 2 is 1.81 bits per heavy atom. The maximum atomic E-state index is 10.1. The van der Waals surface area contributed by atoms with Gasteiger partial charge in [-0.3, -0.25) is 9.67 Å². The summed E-state index contributed by atoms with van der Waals surface area (Å²) in [6.07, 6.45) is 4.63. The van der Waals surface area contributed by atoms with Gasteiger partial charge in [-0.1, -0.05) is 13.8 Å². The monoisotopic (exact) mass is 354 g/mol. The van der Waals surface area contributed by atoms with Crippen LogP contribution in [0.3, 0.4) is 0 Å². The van der Waals surface area contributed by atoms with E-state index in [1.54, 1.807) is 17.1 Å². The molecule has 3 rings (SSSR count). The van der Waals surface area contributed by atoms with Crippen molar-refractivity contribution in [1.29, 1.82) is 0 Å². The molecule has 0 amide bonds. The van der Waals surface area contributed by atoms with E-state index in [0.717, 1.165) is 29.2 Å². The number of rotatable bonds is 7. The van der Waals surface area contributed by atoms with Crippen LogP contribution in [-0.4, -0.2) is 40.7 Å². The maximum Gasteiger partial charge on any atom is 0.181 e. The second-order valence-corrected chi connectivity index (χ2v) is 6.49. The van der Waals surface area contributed by atoms with Crippen molar-refractivity contribution in [2.45, 2.75) is 59.7 Å². The van der Waals surface area contributed by atoms with E-state index < -0.39 is 6.10 Å². The van der Waals surface area contributed by atoms with Crippen LogP contribution < -0.4 is 0 Å². The van der Waals surface area contributed by atoms with Crippen molar-refractivity contribution < 1.29 is 5.11 Å². The molecule has 3 aromatic rings. The minimum Gasteiger partial charge on any atom is -0.391 e. The van der Waals surface area contributed by atoms with Gasteiger partial charge in [-0.15, -0.1) is 0 Å². The van der Waals surface area contributed by atoms with E-state index in [1.165, 1.54) is 5.56 Å². The molecule has 7 heteroatoms. The van der Waals surface area contributed by atoms with Gasteiger partial charge in [-0.25, -0.2) is 9.67 Å². The lowest BCUT2D eigenvalue weighted by Crippen LogP contribution is -2.19. The molecule has 0 aromatic carbocycles. The molecule has 0 saturated carbocycles. The Balaban J connectivity index is 1.97. The van der Waals surface area contributed by atoms with Crippen LogP contribution in [0.5, 0.6) is 0 Å². The molecule has 0 aliphatic heterocycles. The summed E-state index contributed by atoms with van der Waals surface area (Å²) >= 11 is 0. The topological polar surface area (TPSA) is 81.7 Å². The normalized spacial score (nSPS) is 12.5. The lowest BCUT2D eigenvalue weighted by atomic mass is 10.1. The van der Waals surface area contributed by atoms with Gasteiger partial charge in [-0.05, 0) is 44.4 Å². The zero-order valence-electron chi connectivity index (χ0n) is 15.8. The summed E-state index contributed by atoms with van der Waals surface area (Å²) in [5.41, 5.74) is 4.40.